The van der Waals surface area contributed by atoms with E-state index >= 15 is 0 Å². The third-order valence-corrected chi connectivity index (χ3v) is 2.91. The first-order valence-corrected chi connectivity index (χ1v) is 6.92. The number of anilines is 5. The molecule has 0 aliphatic heterocycles. The van der Waals surface area contributed by atoms with Crippen LogP contribution in [0.3, 0.4) is 0 Å². The molecule has 4 nitrogen and oxygen atoms in total. The van der Waals surface area contributed by atoms with E-state index in [2.05, 4.69) is 5.32 Å². The topological polar surface area (TPSA) is 90.1 Å². The van der Waals surface area contributed by atoms with Gasteiger partial charge < -0.3 is 22.5 Å². The van der Waals surface area contributed by atoms with Crippen LogP contribution >= 0.6 is 0 Å². The SMILES string of the molecule is Nc1ccc(N)cc1.Nc1ccc(Nc2ccccc2)cc1. The molecule has 0 fully saturated rings. The predicted molar refractivity (Wildman–Crippen MR) is 95.8 cm³/mol. The Morgan fingerprint density at radius 3 is 1.27 bits per heavy atom. The van der Waals surface area contributed by atoms with E-state index in [-0.39, 0.29) is 0 Å². The Kier molecular flexibility index (Phi) is 5.26. The van der Waals surface area contributed by atoms with Crippen molar-refractivity contribution < 1.29 is 0 Å². The lowest BCUT2D eigenvalue weighted by molar-refractivity contribution is 1.55. The van der Waals surface area contributed by atoms with Gasteiger partial charge in [-0.2, -0.15) is 0 Å². The molecule has 0 unspecified atom stereocenters. The summed E-state index contributed by atoms with van der Waals surface area (Å²) in [6.45, 7) is 0. The Morgan fingerprint density at radius 2 is 0.818 bits per heavy atom. The summed E-state index contributed by atoms with van der Waals surface area (Å²) in [5, 5.41) is 3.28. The molecule has 3 aromatic carbocycles. The van der Waals surface area contributed by atoms with Gasteiger partial charge in [-0.05, 0) is 60.7 Å². The summed E-state index contributed by atoms with van der Waals surface area (Å²) in [7, 11) is 0. The lowest BCUT2D eigenvalue weighted by Gasteiger charge is -2.05. The Balaban J connectivity index is 0.000000188. The molecule has 0 aliphatic carbocycles. The first kappa shape index (κ1) is 15.3. The summed E-state index contributed by atoms with van der Waals surface area (Å²) in [4.78, 5) is 0. The van der Waals surface area contributed by atoms with Gasteiger partial charge in [-0.1, -0.05) is 18.2 Å². The van der Waals surface area contributed by atoms with Crippen LogP contribution in [0.4, 0.5) is 28.4 Å². The van der Waals surface area contributed by atoms with E-state index in [4.69, 9.17) is 17.2 Å². The van der Waals surface area contributed by atoms with E-state index in [1.807, 2.05) is 54.6 Å². The van der Waals surface area contributed by atoms with Crippen molar-refractivity contribution in [1.29, 1.82) is 0 Å². The maximum atomic E-state index is 5.59. The largest absolute Gasteiger partial charge is 0.399 e. The molecule has 0 heterocycles. The van der Waals surface area contributed by atoms with Gasteiger partial charge in [0.15, 0.2) is 0 Å². The molecular weight excluding hydrogens is 272 g/mol. The van der Waals surface area contributed by atoms with Crippen LogP contribution in [0.15, 0.2) is 78.9 Å². The van der Waals surface area contributed by atoms with E-state index in [1.54, 1.807) is 24.3 Å². The zero-order valence-corrected chi connectivity index (χ0v) is 12.2. The molecule has 0 bridgehead atoms. The highest BCUT2D eigenvalue weighted by Gasteiger charge is 1.92. The quantitative estimate of drug-likeness (QED) is 0.540. The van der Waals surface area contributed by atoms with Crippen molar-refractivity contribution in [2.75, 3.05) is 22.5 Å². The molecule has 3 rings (SSSR count). The van der Waals surface area contributed by atoms with Crippen molar-refractivity contribution in [2.45, 2.75) is 0 Å². The van der Waals surface area contributed by atoms with Crippen LogP contribution in [0.2, 0.25) is 0 Å². The molecule has 4 heteroatoms. The third kappa shape index (κ3) is 5.09. The molecule has 22 heavy (non-hydrogen) atoms. The lowest BCUT2D eigenvalue weighted by Crippen LogP contribution is -1.90. The first-order chi connectivity index (χ1) is 10.6. The van der Waals surface area contributed by atoms with Gasteiger partial charge in [-0.25, -0.2) is 0 Å². The van der Waals surface area contributed by atoms with Gasteiger partial charge in [0.1, 0.15) is 0 Å². The summed E-state index contributed by atoms with van der Waals surface area (Å²) in [5.74, 6) is 0. The maximum Gasteiger partial charge on any atom is 0.0385 e. The number of nitrogens with one attached hydrogen (secondary N) is 1. The molecule has 0 radical (unpaired) electrons. The second-order valence-electron chi connectivity index (χ2n) is 4.78. The molecular formula is C18H20N4. The standard InChI is InChI=1S/C12H12N2.C6H8N2/c13-10-6-8-12(9-7-10)14-11-4-2-1-3-5-11;7-5-1-2-6(8)4-3-5/h1-9,14H,13H2;1-4H,7-8H2. The van der Waals surface area contributed by atoms with Crippen molar-refractivity contribution in [3.63, 3.8) is 0 Å². The summed E-state index contributed by atoms with van der Waals surface area (Å²) in [6.07, 6.45) is 0. The fourth-order valence-corrected chi connectivity index (χ4v) is 1.75. The fourth-order valence-electron chi connectivity index (χ4n) is 1.75. The van der Waals surface area contributed by atoms with E-state index in [0.717, 1.165) is 28.4 Å². The summed E-state index contributed by atoms with van der Waals surface area (Å²) in [6, 6.07) is 24.8. The average molecular weight is 292 g/mol. The molecule has 0 atom stereocenters. The number of para-hydroxylation sites is 1. The van der Waals surface area contributed by atoms with E-state index in [1.165, 1.54) is 0 Å². The minimum Gasteiger partial charge on any atom is -0.399 e. The van der Waals surface area contributed by atoms with E-state index in [0.29, 0.717) is 0 Å². The highest BCUT2D eigenvalue weighted by molar-refractivity contribution is 5.61. The molecule has 0 spiro atoms. The van der Waals surface area contributed by atoms with E-state index in [9.17, 15) is 0 Å². The zero-order valence-electron chi connectivity index (χ0n) is 12.2. The minimum atomic E-state index is 0.749. The second kappa shape index (κ2) is 7.59. The number of nitrogens with two attached hydrogens (primary N) is 3. The third-order valence-electron chi connectivity index (χ3n) is 2.91. The molecule has 7 N–H and O–H groups in total. The van der Waals surface area contributed by atoms with Crippen molar-refractivity contribution in [2.24, 2.45) is 0 Å². The van der Waals surface area contributed by atoms with Gasteiger partial charge in [0.25, 0.3) is 0 Å². The van der Waals surface area contributed by atoms with Crippen LogP contribution in [0.25, 0.3) is 0 Å². The average Bonchev–Trinajstić information content (AvgIpc) is 2.54. The van der Waals surface area contributed by atoms with Crippen LogP contribution in [0.5, 0.6) is 0 Å². The Morgan fingerprint density at radius 1 is 0.455 bits per heavy atom. The molecule has 0 aromatic heterocycles. The Bertz CT molecular complexity index is 656. The van der Waals surface area contributed by atoms with Gasteiger partial charge in [0.05, 0.1) is 0 Å². The smallest absolute Gasteiger partial charge is 0.0385 e. The first-order valence-electron chi connectivity index (χ1n) is 6.92. The van der Waals surface area contributed by atoms with Crippen LogP contribution in [0.1, 0.15) is 0 Å². The van der Waals surface area contributed by atoms with Gasteiger partial charge in [-0.15, -0.1) is 0 Å². The molecule has 3 aromatic rings. The highest BCUT2D eigenvalue weighted by Crippen LogP contribution is 2.16. The van der Waals surface area contributed by atoms with Gasteiger partial charge in [0.2, 0.25) is 0 Å². The fraction of sp³-hybridized carbons (Fsp3) is 0. The van der Waals surface area contributed by atoms with Crippen molar-refractivity contribution in [3.8, 4) is 0 Å². The molecule has 0 saturated carbocycles. The molecule has 0 amide bonds. The molecule has 112 valence electrons. The van der Waals surface area contributed by atoms with Crippen molar-refractivity contribution in [3.05, 3.63) is 78.9 Å². The minimum absolute atomic E-state index is 0.749. The number of hydrogen-bond acceptors (Lipinski definition) is 4. The van der Waals surface area contributed by atoms with E-state index < -0.39 is 0 Å². The van der Waals surface area contributed by atoms with Gasteiger partial charge >= 0.3 is 0 Å². The summed E-state index contributed by atoms with van der Waals surface area (Å²) < 4.78 is 0. The second-order valence-corrected chi connectivity index (χ2v) is 4.78. The number of benzene rings is 3. The lowest BCUT2D eigenvalue weighted by atomic mass is 10.2. The summed E-state index contributed by atoms with van der Waals surface area (Å²) >= 11 is 0. The molecule has 0 saturated heterocycles. The van der Waals surface area contributed by atoms with Gasteiger partial charge in [-0.3, -0.25) is 0 Å². The number of rotatable bonds is 2. The number of hydrogen-bond donors (Lipinski definition) is 4. The predicted octanol–water partition coefficient (Wildman–Crippen LogP) is 3.86. The van der Waals surface area contributed by atoms with Crippen LogP contribution in [0, 0.1) is 0 Å². The Labute approximate surface area is 130 Å². The van der Waals surface area contributed by atoms with Crippen LogP contribution in [-0.4, -0.2) is 0 Å². The van der Waals surface area contributed by atoms with Crippen molar-refractivity contribution >= 4 is 28.4 Å². The normalized spacial score (nSPS) is 9.45. The molecule has 0 aliphatic rings. The maximum absolute atomic E-state index is 5.59. The van der Waals surface area contributed by atoms with Crippen molar-refractivity contribution in [1.82, 2.24) is 0 Å². The zero-order chi connectivity index (χ0) is 15.8. The summed E-state index contributed by atoms with van der Waals surface area (Å²) in [5.41, 5.74) is 20.7. The van der Waals surface area contributed by atoms with Gasteiger partial charge in [0, 0.05) is 28.4 Å². The number of nitrogen functional groups attached to an aromatic ring is 3. The monoisotopic (exact) mass is 292 g/mol. The highest BCUT2D eigenvalue weighted by atomic mass is 14.9. The Hall–Kier alpha value is -3.14. The van der Waals surface area contributed by atoms with Crippen LogP contribution < -0.4 is 22.5 Å². The van der Waals surface area contributed by atoms with Crippen LogP contribution in [-0.2, 0) is 0 Å².